The smallest absolute Gasteiger partial charge is 0.321 e. The first-order chi connectivity index (χ1) is 11.2. The number of fused-ring (bicyclic) bond motifs is 1. The lowest BCUT2D eigenvalue weighted by atomic mass is 9.98. The molecule has 2 amide bonds. The number of H-pyrrole nitrogens is 1. The van der Waals surface area contributed by atoms with Crippen LogP contribution in [0.15, 0.2) is 30.5 Å². The third-order valence-corrected chi connectivity index (χ3v) is 4.16. The molecule has 122 valence electrons. The van der Waals surface area contributed by atoms with Crippen molar-refractivity contribution >= 4 is 28.6 Å². The van der Waals surface area contributed by atoms with Crippen LogP contribution in [0.25, 0.3) is 10.9 Å². The number of likely N-dealkylation sites (tertiary alicyclic amines) is 1. The number of amides is 2. The Morgan fingerprint density at radius 3 is 3.04 bits per heavy atom. The molecule has 2 aromatic rings. The predicted molar refractivity (Wildman–Crippen MR) is 88.2 cm³/mol. The Balaban J connectivity index is 1.67. The summed E-state index contributed by atoms with van der Waals surface area (Å²) in [7, 11) is 0. The molecule has 1 atom stereocenters. The zero-order chi connectivity index (χ0) is 16.2. The zero-order valence-electron chi connectivity index (χ0n) is 13.2. The zero-order valence-corrected chi connectivity index (χ0v) is 13.2. The van der Waals surface area contributed by atoms with Gasteiger partial charge in [0.15, 0.2) is 0 Å². The number of para-hydroxylation sites is 1. The second-order valence-electron chi connectivity index (χ2n) is 5.72. The standard InChI is InChI=1S/C17H21N3O3/c1-2-23-16(21)12-6-5-9-20(11-12)17(22)19-15-10-18-14-8-4-3-7-13(14)15/h3-4,7-8,10,12,18H,2,5-6,9,11H2,1H3,(H,19,22). The van der Waals surface area contributed by atoms with Crippen molar-refractivity contribution in [3.63, 3.8) is 0 Å². The fourth-order valence-electron chi connectivity index (χ4n) is 2.98. The number of benzene rings is 1. The molecule has 2 N–H and O–H groups in total. The van der Waals surface area contributed by atoms with Crippen LogP contribution in [0, 0.1) is 5.92 Å². The third kappa shape index (κ3) is 3.31. The number of aromatic nitrogens is 1. The van der Waals surface area contributed by atoms with E-state index in [-0.39, 0.29) is 17.9 Å². The van der Waals surface area contributed by atoms with Crippen LogP contribution in [0.4, 0.5) is 10.5 Å². The maximum Gasteiger partial charge on any atom is 0.321 e. The minimum absolute atomic E-state index is 0.177. The Morgan fingerprint density at radius 1 is 1.39 bits per heavy atom. The quantitative estimate of drug-likeness (QED) is 0.855. The van der Waals surface area contributed by atoms with Crippen molar-refractivity contribution in [1.82, 2.24) is 9.88 Å². The number of carbonyl (C=O) groups excluding carboxylic acids is 2. The molecular weight excluding hydrogens is 294 g/mol. The van der Waals surface area contributed by atoms with E-state index in [1.807, 2.05) is 24.3 Å². The molecule has 2 heterocycles. The number of urea groups is 1. The lowest BCUT2D eigenvalue weighted by Gasteiger charge is -2.31. The van der Waals surface area contributed by atoms with Gasteiger partial charge in [-0.15, -0.1) is 0 Å². The van der Waals surface area contributed by atoms with E-state index in [0.717, 1.165) is 29.4 Å². The molecule has 1 aliphatic rings. The van der Waals surface area contributed by atoms with Gasteiger partial charge < -0.3 is 19.9 Å². The maximum atomic E-state index is 12.5. The molecule has 3 rings (SSSR count). The molecule has 0 saturated carbocycles. The number of esters is 1. The molecule has 1 aliphatic heterocycles. The summed E-state index contributed by atoms with van der Waals surface area (Å²) >= 11 is 0. The second kappa shape index (κ2) is 6.73. The molecule has 0 radical (unpaired) electrons. The number of nitrogens with one attached hydrogen (secondary N) is 2. The van der Waals surface area contributed by atoms with Gasteiger partial charge in [-0.2, -0.15) is 0 Å². The van der Waals surface area contributed by atoms with Crippen LogP contribution in [0.3, 0.4) is 0 Å². The summed E-state index contributed by atoms with van der Waals surface area (Å²) in [5, 5.41) is 3.90. The van der Waals surface area contributed by atoms with Gasteiger partial charge in [-0.25, -0.2) is 4.79 Å². The highest BCUT2D eigenvalue weighted by Gasteiger charge is 2.29. The summed E-state index contributed by atoms with van der Waals surface area (Å²) in [6, 6.07) is 7.62. The fourth-order valence-corrected chi connectivity index (χ4v) is 2.98. The monoisotopic (exact) mass is 315 g/mol. The summed E-state index contributed by atoms with van der Waals surface area (Å²) in [6.45, 7) is 3.23. The van der Waals surface area contributed by atoms with Gasteiger partial charge in [-0.1, -0.05) is 18.2 Å². The number of aromatic amines is 1. The summed E-state index contributed by atoms with van der Waals surface area (Å²) in [5.41, 5.74) is 1.73. The second-order valence-corrected chi connectivity index (χ2v) is 5.72. The number of hydrogen-bond donors (Lipinski definition) is 2. The Labute approximate surface area is 134 Å². The van der Waals surface area contributed by atoms with Crippen molar-refractivity contribution in [2.24, 2.45) is 5.92 Å². The molecule has 6 heteroatoms. The van der Waals surface area contributed by atoms with Crippen LogP contribution in [0.5, 0.6) is 0 Å². The Kier molecular flexibility index (Phi) is 4.50. The predicted octanol–water partition coefficient (Wildman–Crippen LogP) is 2.97. The molecular formula is C17H21N3O3. The first-order valence-electron chi connectivity index (χ1n) is 7.97. The Morgan fingerprint density at radius 2 is 2.22 bits per heavy atom. The molecule has 1 unspecified atom stereocenters. The van der Waals surface area contributed by atoms with Crippen molar-refractivity contribution in [2.75, 3.05) is 25.0 Å². The number of rotatable bonds is 3. The van der Waals surface area contributed by atoms with Gasteiger partial charge in [0.1, 0.15) is 0 Å². The highest BCUT2D eigenvalue weighted by molar-refractivity contribution is 6.01. The van der Waals surface area contributed by atoms with Gasteiger partial charge in [0.2, 0.25) is 0 Å². The summed E-state index contributed by atoms with van der Waals surface area (Å²) in [5.74, 6) is -0.436. The average molecular weight is 315 g/mol. The van der Waals surface area contributed by atoms with Crippen molar-refractivity contribution < 1.29 is 14.3 Å². The Hall–Kier alpha value is -2.50. The van der Waals surface area contributed by atoms with Crippen molar-refractivity contribution in [1.29, 1.82) is 0 Å². The topological polar surface area (TPSA) is 74.4 Å². The van der Waals surface area contributed by atoms with Crippen LogP contribution in [-0.2, 0) is 9.53 Å². The lowest BCUT2D eigenvalue weighted by Crippen LogP contribution is -2.44. The SMILES string of the molecule is CCOC(=O)C1CCCN(C(=O)Nc2c[nH]c3ccccc23)C1. The molecule has 1 aromatic heterocycles. The highest BCUT2D eigenvalue weighted by Crippen LogP contribution is 2.24. The van der Waals surface area contributed by atoms with Crippen molar-refractivity contribution in [3.8, 4) is 0 Å². The van der Waals surface area contributed by atoms with E-state index in [9.17, 15) is 9.59 Å². The van der Waals surface area contributed by atoms with Crippen LogP contribution in [0.1, 0.15) is 19.8 Å². The molecule has 6 nitrogen and oxygen atoms in total. The highest BCUT2D eigenvalue weighted by atomic mass is 16.5. The normalized spacial score (nSPS) is 18.0. The van der Waals surface area contributed by atoms with Crippen LogP contribution in [0.2, 0.25) is 0 Å². The minimum Gasteiger partial charge on any atom is -0.466 e. The molecule has 1 saturated heterocycles. The van der Waals surface area contributed by atoms with E-state index in [1.54, 1.807) is 18.0 Å². The van der Waals surface area contributed by atoms with E-state index in [2.05, 4.69) is 10.3 Å². The molecule has 1 fully saturated rings. The number of hydrogen-bond acceptors (Lipinski definition) is 3. The lowest BCUT2D eigenvalue weighted by molar-refractivity contribution is -0.149. The van der Waals surface area contributed by atoms with Gasteiger partial charge in [0.05, 0.1) is 18.2 Å². The van der Waals surface area contributed by atoms with E-state index in [1.165, 1.54) is 0 Å². The van der Waals surface area contributed by atoms with Gasteiger partial charge in [-0.05, 0) is 25.8 Å². The number of piperidine rings is 1. The van der Waals surface area contributed by atoms with Gasteiger partial charge in [0, 0.05) is 30.2 Å². The van der Waals surface area contributed by atoms with Crippen LogP contribution in [-0.4, -0.2) is 41.6 Å². The Bertz CT molecular complexity index is 710. The molecule has 23 heavy (non-hydrogen) atoms. The van der Waals surface area contributed by atoms with Crippen LogP contribution < -0.4 is 5.32 Å². The van der Waals surface area contributed by atoms with Crippen molar-refractivity contribution in [2.45, 2.75) is 19.8 Å². The first kappa shape index (κ1) is 15.4. The van der Waals surface area contributed by atoms with Gasteiger partial charge >= 0.3 is 12.0 Å². The van der Waals surface area contributed by atoms with E-state index >= 15 is 0 Å². The minimum atomic E-state index is -0.225. The largest absolute Gasteiger partial charge is 0.466 e. The molecule has 1 aromatic carbocycles. The van der Waals surface area contributed by atoms with Gasteiger partial charge in [-0.3, -0.25) is 4.79 Å². The van der Waals surface area contributed by atoms with Crippen LogP contribution >= 0.6 is 0 Å². The summed E-state index contributed by atoms with van der Waals surface area (Å²) in [4.78, 5) is 29.2. The third-order valence-electron chi connectivity index (χ3n) is 4.16. The molecule has 0 aliphatic carbocycles. The number of ether oxygens (including phenoxy) is 1. The number of carbonyl (C=O) groups is 2. The van der Waals surface area contributed by atoms with E-state index in [0.29, 0.717) is 19.7 Å². The molecule has 0 spiro atoms. The van der Waals surface area contributed by atoms with E-state index in [4.69, 9.17) is 4.74 Å². The summed E-state index contributed by atoms with van der Waals surface area (Å²) < 4.78 is 5.07. The molecule has 0 bridgehead atoms. The van der Waals surface area contributed by atoms with E-state index < -0.39 is 0 Å². The first-order valence-corrected chi connectivity index (χ1v) is 7.97. The maximum absolute atomic E-state index is 12.5. The average Bonchev–Trinajstić information content (AvgIpc) is 2.98. The van der Waals surface area contributed by atoms with Crippen molar-refractivity contribution in [3.05, 3.63) is 30.5 Å². The fraction of sp³-hybridized carbons (Fsp3) is 0.412. The summed E-state index contributed by atoms with van der Waals surface area (Å²) in [6.07, 6.45) is 3.37. The number of anilines is 1. The number of nitrogens with zero attached hydrogens (tertiary/aromatic N) is 1. The van der Waals surface area contributed by atoms with Gasteiger partial charge in [0.25, 0.3) is 0 Å².